The topological polar surface area (TPSA) is 87.0 Å². The molecule has 2 aromatic rings. The van der Waals surface area contributed by atoms with Gasteiger partial charge in [0.2, 0.25) is 0 Å². The van der Waals surface area contributed by atoms with Crippen molar-refractivity contribution in [1.82, 2.24) is 24.9 Å². The number of H-pyrrole nitrogens is 1. The summed E-state index contributed by atoms with van der Waals surface area (Å²) >= 11 is 0. The SMILES string of the molecule is C=C1Cc2c[nH]nc2-c2c3c(nn2C1)CCN(C(=O)O)C3. The van der Waals surface area contributed by atoms with Crippen LogP contribution < -0.4 is 0 Å². The molecule has 0 unspecified atom stereocenters. The van der Waals surface area contributed by atoms with Crippen molar-refractivity contribution in [1.29, 1.82) is 0 Å². The molecular formula is C14H15N5O2. The summed E-state index contributed by atoms with van der Waals surface area (Å²) in [5.41, 5.74) is 5.93. The number of rotatable bonds is 0. The Balaban J connectivity index is 1.89. The van der Waals surface area contributed by atoms with Crippen LogP contribution in [-0.4, -0.2) is 42.6 Å². The van der Waals surface area contributed by atoms with Crippen LogP contribution in [-0.2, 0) is 25.9 Å². The molecule has 0 radical (unpaired) electrons. The highest BCUT2D eigenvalue weighted by atomic mass is 16.4. The van der Waals surface area contributed by atoms with Gasteiger partial charge in [-0.3, -0.25) is 9.78 Å². The highest BCUT2D eigenvalue weighted by molar-refractivity contribution is 5.69. The molecule has 2 N–H and O–H groups in total. The van der Waals surface area contributed by atoms with E-state index < -0.39 is 6.09 Å². The van der Waals surface area contributed by atoms with E-state index in [0.29, 0.717) is 26.1 Å². The highest BCUT2D eigenvalue weighted by Crippen LogP contribution is 2.34. The van der Waals surface area contributed by atoms with Crippen LogP contribution in [0.3, 0.4) is 0 Å². The minimum atomic E-state index is -0.888. The second kappa shape index (κ2) is 4.21. The fourth-order valence-corrected chi connectivity index (χ4v) is 3.16. The molecule has 21 heavy (non-hydrogen) atoms. The molecule has 2 aromatic heterocycles. The van der Waals surface area contributed by atoms with Crippen LogP contribution >= 0.6 is 0 Å². The maximum Gasteiger partial charge on any atom is 0.407 e. The van der Waals surface area contributed by atoms with Crippen molar-refractivity contribution in [3.05, 3.63) is 35.2 Å². The second-order valence-corrected chi connectivity index (χ2v) is 5.57. The lowest BCUT2D eigenvalue weighted by Crippen LogP contribution is -2.34. The summed E-state index contributed by atoms with van der Waals surface area (Å²) in [6.07, 6.45) is 2.41. The first-order chi connectivity index (χ1) is 10.1. The maximum absolute atomic E-state index is 11.2. The number of amides is 1. The summed E-state index contributed by atoms with van der Waals surface area (Å²) in [4.78, 5) is 12.7. The molecule has 4 heterocycles. The van der Waals surface area contributed by atoms with Crippen LogP contribution in [0.15, 0.2) is 18.3 Å². The van der Waals surface area contributed by atoms with E-state index >= 15 is 0 Å². The van der Waals surface area contributed by atoms with Crippen molar-refractivity contribution in [2.24, 2.45) is 0 Å². The lowest BCUT2D eigenvalue weighted by atomic mass is 10.0. The average molecular weight is 285 g/mol. The van der Waals surface area contributed by atoms with Gasteiger partial charge in [-0.25, -0.2) is 4.79 Å². The molecule has 2 aliphatic rings. The van der Waals surface area contributed by atoms with Gasteiger partial charge in [-0.2, -0.15) is 10.2 Å². The number of carbonyl (C=O) groups is 1. The Hall–Kier alpha value is -2.57. The Labute approximate surface area is 120 Å². The van der Waals surface area contributed by atoms with Gasteiger partial charge in [0.25, 0.3) is 0 Å². The Kier molecular flexibility index (Phi) is 2.44. The van der Waals surface area contributed by atoms with Crippen LogP contribution in [0.25, 0.3) is 11.4 Å². The molecule has 1 amide bonds. The minimum Gasteiger partial charge on any atom is -0.465 e. The standard InChI is InChI=1S/C14H15N5O2/c1-8-4-9-5-15-16-12(9)13-10-7-18(14(20)21)3-2-11(10)17-19(13)6-8/h5H,1-4,6-7H2,(H,15,16)(H,20,21). The van der Waals surface area contributed by atoms with Crippen molar-refractivity contribution in [2.75, 3.05) is 6.54 Å². The van der Waals surface area contributed by atoms with Gasteiger partial charge in [-0.15, -0.1) is 0 Å². The molecule has 0 aliphatic carbocycles. The van der Waals surface area contributed by atoms with E-state index in [-0.39, 0.29) is 0 Å². The molecular weight excluding hydrogens is 270 g/mol. The van der Waals surface area contributed by atoms with Crippen molar-refractivity contribution in [3.63, 3.8) is 0 Å². The van der Waals surface area contributed by atoms with Gasteiger partial charge in [0.15, 0.2) is 0 Å². The molecule has 0 saturated heterocycles. The molecule has 7 nitrogen and oxygen atoms in total. The monoisotopic (exact) mass is 285 g/mol. The second-order valence-electron chi connectivity index (χ2n) is 5.57. The van der Waals surface area contributed by atoms with E-state index in [1.807, 2.05) is 10.9 Å². The van der Waals surface area contributed by atoms with E-state index in [9.17, 15) is 9.90 Å². The predicted octanol–water partition coefficient (Wildman–Crippen LogP) is 1.42. The smallest absolute Gasteiger partial charge is 0.407 e. The number of hydrogen-bond acceptors (Lipinski definition) is 3. The van der Waals surface area contributed by atoms with Crippen molar-refractivity contribution < 1.29 is 9.90 Å². The molecule has 0 atom stereocenters. The van der Waals surface area contributed by atoms with Crippen LogP contribution in [0.2, 0.25) is 0 Å². The molecule has 7 heteroatoms. The molecule has 0 saturated carbocycles. The quantitative estimate of drug-likeness (QED) is 0.717. The van der Waals surface area contributed by atoms with Gasteiger partial charge in [0.1, 0.15) is 5.69 Å². The largest absolute Gasteiger partial charge is 0.465 e. The first-order valence-electron chi connectivity index (χ1n) is 6.89. The third-order valence-corrected chi connectivity index (χ3v) is 4.13. The first-order valence-corrected chi connectivity index (χ1v) is 6.89. The maximum atomic E-state index is 11.2. The summed E-state index contributed by atoms with van der Waals surface area (Å²) in [6, 6.07) is 0. The zero-order valence-electron chi connectivity index (χ0n) is 11.5. The first kappa shape index (κ1) is 12.2. The van der Waals surface area contributed by atoms with Crippen molar-refractivity contribution in [3.8, 4) is 11.4 Å². The van der Waals surface area contributed by atoms with Crippen LogP contribution in [0, 0.1) is 0 Å². The van der Waals surface area contributed by atoms with Gasteiger partial charge >= 0.3 is 6.09 Å². The number of carboxylic acid groups (broad SMARTS) is 1. The lowest BCUT2D eigenvalue weighted by molar-refractivity contribution is 0.140. The molecule has 108 valence electrons. The van der Waals surface area contributed by atoms with Crippen molar-refractivity contribution >= 4 is 6.09 Å². The normalized spacial score (nSPS) is 17.0. The van der Waals surface area contributed by atoms with E-state index in [1.165, 1.54) is 4.90 Å². The van der Waals surface area contributed by atoms with E-state index in [1.54, 1.807) is 0 Å². The molecule has 0 fully saturated rings. The van der Waals surface area contributed by atoms with Gasteiger partial charge in [-0.1, -0.05) is 12.2 Å². The fraction of sp³-hybridized carbons (Fsp3) is 0.357. The van der Waals surface area contributed by atoms with E-state index in [0.717, 1.165) is 40.2 Å². The zero-order chi connectivity index (χ0) is 14.6. The van der Waals surface area contributed by atoms with E-state index in [2.05, 4.69) is 21.9 Å². The number of nitrogens with one attached hydrogen (secondary N) is 1. The number of fused-ring (bicyclic) bond motifs is 5. The van der Waals surface area contributed by atoms with Crippen LogP contribution in [0.1, 0.15) is 16.8 Å². The zero-order valence-corrected chi connectivity index (χ0v) is 11.5. The number of nitrogens with zero attached hydrogens (tertiary/aromatic N) is 4. The van der Waals surface area contributed by atoms with Crippen LogP contribution in [0.4, 0.5) is 4.79 Å². The molecule has 0 spiro atoms. The summed E-state index contributed by atoms with van der Waals surface area (Å²) in [5.74, 6) is 0. The molecule has 4 rings (SSSR count). The number of aromatic amines is 1. The summed E-state index contributed by atoms with van der Waals surface area (Å²) in [5, 5.41) is 21.1. The summed E-state index contributed by atoms with van der Waals surface area (Å²) in [6.45, 7) is 5.62. The molecule has 0 aromatic carbocycles. The minimum absolute atomic E-state index is 0.374. The van der Waals surface area contributed by atoms with Crippen molar-refractivity contribution in [2.45, 2.75) is 25.9 Å². The summed E-state index contributed by atoms with van der Waals surface area (Å²) < 4.78 is 1.92. The molecule has 2 aliphatic heterocycles. The Morgan fingerprint density at radius 3 is 3.10 bits per heavy atom. The average Bonchev–Trinajstić information content (AvgIpc) is 2.98. The van der Waals surface area contributed by atoms with Gasteiger partial charge in [0.05, 0.1) is 24.5 Å². The van der Waals surface area contributed by atoms with Gasteiger partial charge in [0, 0.05) is 30.3 Å². The predicted molar refractivity (Wildman–Crippen MR) is 74.8 cm³/mol. The summed E-state index contributed by atoms with van der Waals surface area (Å²) in [7, 11) is 0. The highest BCUT2D eigenvalue weighted by Gasteiger charge is 2.31. The Morgan fingerprint density at radius 2 is 2.29 bits per heavy atom. The van der Waals surface area contributed by atoms with Crippen LogP contribution in [0.5, 0.6) is 0 Å². The number of hydrogen-bond donors (Lipinski definition) is 2. The molecule has 0 bridgehead atoms. The number of aromatic nitrogens is 4. The fourth-order valence-electron chi connectivity index (χ4n) is 3.16. The van der Waals surface area contributed by atoms with E-state index in [4.69, 9.17) is 0 Å². The van der Waals surface area contributed by atoms with Gasteiger partial charge in [-0.05, 0) is 6.42 Å². The third kappa shape index (κ3) is 1.77. The van der Waals surface area contributed by atoms with Gasteiger partial charge < -0.3 is 10.0 Å². The Bertz CT molecular complexity index is 758. The number of allylic oxidation sites excluding steroid dienone is 1. The Morgan fingerprint density at radius 1 is 1.43 bits per heavy atom. The lowest BCUT2D eigenvalue weighted by Gasteiger charge is -2.23. The third-order valence-electron chi connectivity index (χ3n) is 4.13.